The number of hydrogen-bond acceptors (Lipinski definition) is 4. The van der Waals surface area contributed by atoms with Gasteiger partial charge in [-0.1, -0.05) is 0 Å². The molecule has 1 saturated heterocycles. The minimum atomic E-state index is 0.512. The lowest BCUT2D eigenvalue weighted by molar-refractivity contribution is 0.263. The van der Waals surface area contributed by atoms with Gasteiger partial charge in [0.2, 0.25) is 0 Å². The summed E-state index contributed by atoms with van der Waals surface area (Å²) in [6.45, 7) is 4.29. The third-order valence-corrected chi connectivity index (χ3v) is 4.33. The van der Waals surface area contributed by atoms with Crippen LogP contribution in [-0.2, 0) is 0 Å². The van der Waals surface area contributed by atoms with Gasteiger partial charge in [-0.25, -0.2) is 4.98 Å². The van der Waals surface area contributed by atoms with Crippen LogP contribution in [0.1, 0.15) is 18.4 Å². The van der Waals surface area contributed by atoms with Gasteiger partial charge in [0.1, 0.15) is 5.82 Å². The fourth-order valence-corrected chi connectivity index (χ4v) is 2.48. The molecule has 1 aromatic heterocycles. The first kappa shape index (κ1) is 12.6. The van der Waals surface area contributed by atoms with Gasteiger partial charge < -0.3 is 16.0 Å². The Kier molecular flexibility index (Phi) is 3.89. The van der Waals surface area contributed by atoms with Crippen LogP contribution < -0.4 is 11.1 Å². The van der Waals surface area contributed by atoms with Gasteiger partial charge in [0, 0.05) is 6.04 Å². The molecule has 4 nitrogen and oxygen atoms in total. The minimum Gasteiger partial charge on any atom is -0.397 e. The van der Waals surface area contributed by atoms with Crippen molar-refractivity contribution >= 4 is 27.4 Å². The van der Waals surface area contributed by atoms with Gasteiger partial charge in [-0.2, -0.15) is 0 Å². The van der Waals surface area contributed by atoms with Crippen LogP contribution in [0.5, 0.6) is 0 Å². The van der Waals surface area contributed by atoms with Crippen molar-refractivity contribution in [2.75, 3.05) is 31.2 Å². The zero-order valence-corrected chi connectivity index (χ0v) is 11.9. The number of hydrogen-bond donors (Lipinski definition) is 2. The third kappa shape index (κ3) is 2.90. The zero-order chi connectivity index (χ0) is 12.4. The molecule has 0 aliphatic carbocycles. The van der Waals surface area contributed by atoms with Crippen molar-refractivity contribution in [1.82, 2.24) is 9.88 Å². The van der Waals surface area contributed by atoms with E-state index in [2.05, 4.69) is 38.2 Å². The first-order valence-electron chi connectivity index (χ1n) is 5.93. The predicted molar refractivity (Wildman–Crippen MR) is 75.2 cm³/mol. The maximum absolute atomic E-state index is 5.81. The maximum Gasteiger partial charge on any atom is 0.140 e. The predicted octanol–water partition coefficient (Wildman–Crippen LogP) is 2.24. The van der Waals surface area contributed by atoms with Gasteiger partial charge in [0.15, 0.2) is 0 Å². The number of nitrogens with zero attached hydrogens (tertiary/aromatic N) is 2. The van der Waals surface area contributed by atoms with Crippen molar-refractivity contribution in [3.63, 3.8) is 0 Å². The van der Waals surface area contributed by atoms with Crippen molar-refractivity contribution in [3.8, 4) is 0 Å². The van der Waals surface area contributed by atoms with Gasteiger partial charge in [-0.3, -0.25) is 0 Å². The van der Waals surface area contributed by atoms with E-state index in [9.17, 15) is 0 Å². The van der Waals surface area contributed by atoms with Crippen LogP contribution in [0.25, 0.3) is 0 Å². The molecule has 3 N–H and O–H groups in total. The summed E-state index contributed by atoms with van der Waals surface area (Å²) in [5, 5.41) is 3.50. The zero-order valence-electron chi connectivity index (χ0n) is 10.3. The molecule has 0 bridgehead atoms. The SMILES string of the molecule is Cc1c(N)cnc(NC2CCN(C)CC2)c1Br. The number of halogens is 1. The van der Waals surface area contributed by atoms with Crippen molar-refractivity contribution in [2.45, 2.75) is 25.8 Å². The van der Waals surface area contributed by atoms with Gasteiger partial charge in [-0.05, 0) is 61.4 Å². The maximum atomic E-state index is 5.81. The molecule has 5 heteroatoms. The summed E-state index contributed by atoms with van der Waals surface area (Å²) in [6, 6.07) is 0.512. The van der Waals surface area contributed by atoms with E-state index in [4.69, 9.17) is 5.73 Å². The molecule has 0 aromatic carbocycles. The van der Waals surface area contributed by atoms with Crippen molar-refractivity contribution in [3.05, 3.63) is 16.2 Å². The van der Waals surface area contributed by atoms with E-state index in [0.29, 0.717) is 6.04 Å². The molecule has 94 valence electrons. The molecular formula is C12H19BrN4. The minimum absolute atomic E-state index is 0.512. The summed E-state index contributed by atoms with van der Waals surface area (Å²) in [7, 11) is 2.16. The molecule has 0 radical (unpaired) electrons. The Morgan fingerprint density at radius 2 is 2.12 bits per heavy atom. The number of nitrogen functional groups attached to an aromatic ring is 1. The molecule has 1 aliphatic heterocycles. The Bertz CT molecular complexity index is 400. The van der Waals surface area contributed by atoms with E-state index in [1.54, 1.807) is 6.20 Å². The van der Waals surface area contributed by atoms with Crippen molar-refractivity contribution < 1.29 is 0 Å². The number of anilines is 2. The molecule has 1 aliphatic rings. The van der Waals surface area contributed by atoms with E-state index in [1.807, 2.05) is 6.92 Å². The second-order valence-corrected chi connectivity index (χ2v) is 5.52. The highest BCUT2D eigenvalue weighted by molar-refractivity contribution is 9.10. The molecular weight excluding hydrogens is 280 g/mol. The second kappa shape index (κ2) is 5.23. The molecule has 0 unspecified atom stereocenters. The molecule has 2 rings (SSSR count). The number of pyridine rings is 1. The third-order valence-electron chi connectivity index (χ3n) is 3.36. The van der Waals surface area contributed by atoms with Crippen molar-refractivity contribution in [1.29, 1.82) is 0 Å². The number of aromatic nitrogens is 1. The number of nitrogens with two attached hydrogens (primary N) is 1. The smallest absolute Gasteiger partial charge is 0.140 e. The van der Waals surface area contributed by atoms with Crippen LogP contribution in [-0.4, -0.2) is 36.1 Å². The summed E-state index contributed by atoms with van der Waals surface area (Å²) in [5.41, 5.74) is 7.59. The Morgan fingerprint density at radius 3 is 2.76 bits per heavy atom. The quantitative estimate of drug-likeness (QED) is 0.879. The van der Waals surface area contributed by atoms with Crippen LogP contribution in [0.3, 0.4) is 0 Å². The lowest BCUT2D eigenvalue weighted by Gasteiger charge is -2.30. The first-order chi connectivity index (χ1) is 8.08. The monoisotopic (exact) mass is 298 g/mol. The standard InChI is InChI=1S/C12H19BrN4/c1-8-10(14)7-15-12(11(8)13)16-9-3-5-17(2)6-4-9/h7,9H,3-6,14H2,1-2H3,(H,15,16). The average Bonchev–Trinajstić information content (AvgIpc) is 2.33. The van der Waals surface area contributed by atoms with E-state index in [1.165, 1.54) is 0 Å². The second-order valence-electron chi connectivity index (χ2n) is 4.72. The summed E-state index contributed by atoms with van der Waals surface area (Å²) < 4.78 is 0.983. The number of rotatable bonds is 2. The Hall–Kier alpha value is -0.810. The fraction of sp³-hybridized carbons (Fsp3) is 0.583. The van der Waals surface area contributed by atoms with Gasteiger partial charge in [-0.15, -0.1) is 0 Å². The summed E-state index contributed by atoms with van der Waals surface area (Å²) in [6.07, 6.45) is 4.04. The highest BCUT2D eigenvalue weighted by Crippen LogP contribution is 2.29. The highest BCUT2D eigenvalue weighted by Gasteiger charge is 2.18. The van der Waals surface area contributed by atoms with E-state index in [-0.39, 0.29) is 0 Å². The lowest BCUT2D eigenvalue weighted by Crippen LogP contribution is -2.37. The topological polar surface area (TPSA) is 54.2 Å². The van der Waals surface area contributed by atoms with Crippen LogP contribution in [0.2, 0.25) is 0 Å². The van der Waals surface area contributed by atoms with E-state index in [0.717, 1.165) is 47.5 Å². The molecule has 2 heterocycles. The molecule has 17 heavy (non-hydrogen) atoms. The van der Waals surface area contributed by atoms with Gasteiger partial charge in [0.05, 0.1) is 16.4 Å². The number of piperidine rings is 1. The Morgan fingerprint density at radius 1 is 1.47 bits per heavy atom. The van der Waals surface area contributed by atoms with E-state index < -0.39 is 0 Å². The van der Waals surface area contributed by atoms with Crippen LogP contribution in [0.4, 0.5) is 11.5 Å². The normalized spacial score (nSPS) is 18.3. The fourth-order valence-electron chi connectivity index (χ4n) is 2.04. The molecule has 1 fully saturated rings. The summed E-state index contributed by atoms with van der Waals surface area (Å²) in [4.78, 5) is 6.71. The number of nitrogens with one attached hydrogen (secondary N) is 1. The van der Waals surface area contributed by atoms with Crippen LogP contribution in [0.15, 0.2) is 10.7 Å². The molecule has 1 aromatic rings. The molecule has 0 amide bonds. The molecule has 0 atom stereocenters. The molecule has 0 saturated carbocycles. The van der Waals surface area contributed by atoms with Crippen LogP contribution >= 0.6 is 15.9 Å². The Labute approximate surface area is 111 Å². The Balaban J connectivity index is 2.06. The molecule has 0 spiro atoms. The van der Waals surface area contributed by atoms with Gasteiger partial charge >= 0.3 is 0 Å². The van der Waals surface area contributed by atoms with Crippen LogP contribution in [0, 0.1) is 6.92 Å². The number of likely N-dealkylation sites (tertiary alicyclic amines) is 1. The largest absolute Gasteiger partial charge is 0.397 e. The highest BCUT2D eigenvalue weighted by atomic mass is 79.9. The summed E-state index contributed by atoms with van der Waals surface area (Å²) in [5.74, 6) is 0.909. The summed E-state index contributed by atoms with van der Waals surface area (Å²) >= 11 is 3.55. The lowest BCUT2D eigenvalue weighted by atomic mass is 10.1. The van der Waals surface area contributed by atoms with Crippen molar-refractivity contribution in [2.24, 2.45) is 0 Å². The first-order valence-corrected chi connectivity index (χ1v) is 6.73. The average molecular weight is 299 g/mol. The van der Waals surface area contributed by atoms with E-state index >= 15 is 0 Å². The van der Waals surface area contributed by atoms with Gasteiger partial charge in [0.25, 0.3) is 0 Å².